The Labute approximate surface area is 521 Å². The van der Waals surface area contributed by atoms with Gasteiger partial charge in [-0.05, 0) is 130 Å². The summed E-state index contributed by atoms with van der Waals surface area (Å²) in [4.78, 5) is 26.1. The maximum Gasteiger partial charge on any atom is 0.180 e. The number of guanidine groups is 4. The molecule has 0 bridgehead atoms. The Kier molecular flexibility index (Phi) is 72.2. The van der Waals surface area contributed by atoms with Gasteiger partial charge in [0.15, 0.2) is 25.8 Å². The van der Waals surface area contributed by atoms with Gasteiger partial charge in [-0.2, -0.15) is 0 Å². The normalized spacial score (nSPS) is 17.1. The van der Waals surface area contributed by atoms with Gasteiger partial charge in [-0.1, -0.05) is 209 Å². The van der Waals surface area contributed by atoms with Gasteiger partial charge < -0.3 is 98.1 Å². The fraction of sp³-hybridized carbons (Fsp3) is 0.867. The Morgan fingerprint density at radius 2 is 0.431 bits per heavy atom. The molecular formula is C30H46Cl21N12Re2-7. The Bertz CT molecular complexity index is 977. The van der Waals surface area contributed by atoms with Gasteiger partial charge >= 0.3 is 0 Å². The SMILES string of the molecule is C1CN=C2[N-]CCN2C1.C1CN=C2[N-]CCN2C1.C1CN=C2[N-]CCN2C1.C1CN=C2[N-]CCN2C1.ClC(Cl)Cl.ClC(Cl)Cl.ClC(Cl)Cl.ClC(Cl)Cl.ClC(Cl)Cl.ClC(Cl)Cl.[Cl-].[Cl-].[Cl-].[Re].[Re]. The number of hydrogen-bond acceptors (Lipinski definition) is 8. The molecule has 394 valence electrons. The van der Waals surface area contributed by atoms with Crippen LogP contribution in [0.5, 0.6) is 0 Å². The van der Waals surface area contributed by atoms with E-state index in [1.807, 2.05) is 0 Å². The van der Waals surface area contributed by atoms with Crippen LogP contribution in [-0.4, -0.2) is 174 Å². The predicted octanol–water partition coefficient (Wildman–Crippen LogP) is 4.67. The molecule has 65 heavy (non-hydrogen) atoms. The molecule has 8 heterocycles. The van der Waals surface area contributed by atoms with E-state index in [9.17, 15) is 0 Å². The first-order valence-electron chi connectivity index (χ1n) is 17.7. The third-order valence-electron chi connectivity index (χ3n) is 6.98. The Balaban J connectivity index is -0.000000117. The molecule has 0 spiro atoms. The molecule has 0 amide bonds. The van der Waals surface area contributed by atoms with Crippen molar-refractivity contribution in [3.05, 3.63) is 21.3 Å². The molecule has 35 heteroatoms. The van der Waals surface area contributed by atoms with Crippen molar-refractivity contribution in [2.75, 3.05) is 105 Å². The largest absolute Gasteiger partial charge is 1.00 e. The van der Waals surface area contributed by atoms with Crippen LogP contribution in [0.1, 0.15) is 25.7 Å². The molecule has 8 aliphatic rings. The second-order valence-electron chi connectivity index (χ2n) is 11.1. The minimum atomic E-state index is -0.750. The zero-order valence-electron chi connectivity index (χ0n) is 33.7. The van der Waals surface area contributed by atoms with E-state index in [-0.39, 0.29) is 78.1 Å². The minimum Gasteiger partial charge on any atom is -1.00 e. The van der Waals surface area contributed by atoms with E-state index in [2.05, 4.69) is 60.8 Å². The molecule has 0 N–H and O–H groups in total. The summed E-state index contributed by atoms with van der Waals surface area (Å²) in [6.45, 7) is 16.8. The molecule has 0 aliphatic carbocycles. The topological polar surface area (TPSA) is 119 Å². The molecule has 0 saturated carbocycles. The zero-order valence-corrected chi connectivity index (χ0v) is 55.0. The molecule has 0 aromatic heterocycles. The van der Waals surface area contributed by atoms with Crippen LogP contribution >= 0.6 is 209 Å². The molecular weight excluding hydrogens is 1650 g/mol. The number of rotatable bonds is 0. The second-order valence-corrected chi connectivity index (χ2v) is 23.0. The van der Waals surface area contributed by atoms with Crippen LogP contribution in [-0.2, 0) is 40.8 Å². The molecule has 12 nitrogen and oxygen atoms in total. The van der Waals surface area contributed by atoms with Crippen LogP contribution in [0.15, 0.2) is 20.0 Å². The molecule has 4 saturated heterocycles. The van der Waals surface area contributed by atoms with Crippen LogP contribution < -0.4 is 37.2 Å². The number of nitrogens with zero attached hydrogens (tertiary/aromatic N) is 12. The Morgan fingerprint density at radius 3 is 0.554 bits per heavy atom. The van der Waals surface area contributed by atoms with Crippen molar-refractivity contribution >= 4 is 233 Å². The van der Waals surface area contributed by atoms with Gasteiger partial charge in [0.05, 0.1) is 0 Å². The van der Waals surface area contributed by atoms with Crippen LogP contribution in [0.4, 0.5) is 0 Å². The smallest absolute Gasteiger partial charge is 0.180 e. The van der Waals surface area contributed by atoms with E-state index >= 15 is 0 Å². The van der Waals surface area contributed by atoms with E-state index in [4.69, 9.17) is 209 Å². The number of aliphatic imine (C=N–C) groups is 4. The van der Waals surface area contributed by atoms with Crippen LogP contribution in [0.2, 0.25) is 0 Å². The number of alkyl halides is 18. The molecule has 2 radical (unpaired) electrons. The summed E-state index contributed by atoms with van der Waals surface area (Å²) < 4.78 is -4.50. The summed E-state index contributed by atoms with van der Waals surface area (Å²) in [6.07, 6.45) is 4.83. The van der Waals surface area contributed by atoms with E-state index in [1.165, 1.54) is 51.9 Å². The van der Waals surface area contributed by atoms with Gasteiger partial charge in [0, 0.05) is 64.7 Å². The number of hydrogen-bond donors (Lipinski definition) is 0. The average molecular weight is 1690 g/mol. The van der Waals surface area contributed by atoms with E-state index < -0.39 is 25.8 Å². The molecule has 8 aliphatic heterocycles. The molecule has 4 fully saturated rings. The van der Waals surface area contributed by atoms with Gasteiger partial charge in [0.25, 0.3) is 0 Å². The summed E-state index contributed by atoms with van der Waals surface area (Å²) in [7, 11) is 0. The summed E-state index contributed by atoms with van der Waals surface area (Å²) in [5.41, 5.74) is 0. The molecule has 0 aromatic rings. The van der Waals surface area contributed by atoms with Gasteiger partial charge in [0.2, 0.25) is 0 Å². The third-order valence-corrected chi connectivity index (χ3v) is 6.98. The monoisotopic (exact) mass is 1680 g/mol. The first kappa shape index (κ1) is 83.5. The van der Waals surface area contributed by atoms with Crippen molar-refractivity contribution in [3.63, 3.8) is 0 Å². The molecule has 0 atom stereocenters. The van der Waals surface area contributed by atoms with Gasteiger partial charge in [0.1, 0.15) is 0 Å². The quantitative estimate of drug-likeness (QED) is 0.328. The molecule has 0 unspecified atom stereocenters. The van der Waals surface area contributed by atoms with Crippen molar-refractivity contribution in [3.8, 4) is 0 Å². The number of fused-ring (bicyclic) bond motifs is 4. The van der Waals surface area contributed by atoms with Crippen molar-refractivity contribution in [2.45, 2.75) is 51.5 Å². The first-order chi connectivity index (χ1) is 28.3. The summed E-state index contributed by atoms with van der Waals surface area (Å²) in [5, 5.41) is 16.9. The summed E-state index contributed by atoms with van der Waals surface area (Å²) >= 11 is 86.5. The zero-order chi connectivity index (χ0) is 45.9. The molecule has 8 rings (SSSR count). The summed E-state index contributed by atoms with van der Waals surface area (Å²) in [5.74, 6) is 4.00. The average Bonchev–Trinajstić information content (AvgIpc) is 3.98. The predicted molar refractivity (Wildman–Crippen MR) is 275 cm³/mol. The standard InChI is InChI=1S/4C6H10N3.6CHCl3.3ClH.2Re/c4*1-2-7-6-8-3-5-9(6)4-1;6*2-1(3)4;;;;;/h4*1-5H2;6*1H;3*1H;;/q4*-1;;;;;;;;;;;/p-3. The van der Waals surface area contributed by atoms with Crippen molar-refractivity contribution in [2.24, 2.45) is 20.0 Å². The number of halogens is 21. The van der Waals surface area contributed by atoms with E-state index in [1.54, 1.807) is 0 Å². The minimum absolute atomic E-state index is 0. The van der Waals surface area contributed by atoms with Crippen molar-refractivity contribution < 1.29 is 78.1 Å². The second kappa shape index (κ2) is 56.2. The third kappa shape index (κ3) is 57.6. The Hall–Kier alpha value is 4.49. The summed E-state index contributed by atoms with van der Waals surface area (Å²) in [6, 6.07) is 0. The van der Waals surface area contributed by atoms with Crippen molar-refractivity contribution in [1.82, 2.24) is 19.6 Å². The van der Waals surface area contributed by atoms with Gasteiger partial charge in [-0.25, -0.2) is 0 Å². The van der Waals surface area contributed by atoms with Gasteiger partial charge in [-0.15, -0.1) is 0 Å². The van der Waals surface area contributed by atoms with E-state index in [0.29, 0.717) is 0 Å². The van der Waals surface area contributed by atoms with Crippen LogP contribution in [0.3, 0.4) is 0 Å². The molecule has 0 aromatic carbocycles. The van der Waals surface area contributed by atoms with E-state index in [0.717, 1.165) is 102 Å². The van der Waals surface area contributed by atoms with Crippen LogP contribution in [0.25, 0.3) is 21.3 Å². The van der Waals surface area contributed by atoms with Gasteiger partial charge in [-0.3, -0.25) is 0 Å². The fourth-order valence-corrected chi connectivity index (χ4v) is 5.09. The maximum atomic E-state index is 4.81. The fourth-order valence-electron chi connectivity index (χ4n) is 5.09. The maximum absolute atomic E-state index is 4.81. The van der Waals surface area contributed by atoms with Crippen LogP contribution in [0, 0.1) is 0 Å². The first-order valence-corrected chi connectivity index (χ1v) is 25.5. The Morgan fingerprint density at radius 1 is 0.292 bits per heavy atom. The van der Waals surface area contributed by atoms with Crippen molar-refractivity contribution in [1.29, 1.82) is 0 Å².